The van der Waals surface area contributed by atoms with Gasteiger partial charge in [-0.15, -0.1) is 11.8 Å². The molecule has 0 saturated heterocycles. The second-order valence-electron chi connectivity index (χ2n) is 5.60. The Morgan fingerprint density at radius 3 is 2.44 bits per heavy atom. The molecule has 134 valence electrons. The van der Waals surface area contributed by atoms with Gasteiger partial charge in [0.05, 0.1) is 16.7 Å². The number of benzene rings is 2. The molecule has 2 aromatic rings. The maximum Gasteiger partial charge on any atom is 0.238 e. The molecule has 3 N–H and O–H groups in total. The number of sulfonamides is 1. The number of aryl methyl sites for hydroxylation is 1. The standard InChI is InChI=1S/C17H19BrN2O3S2/c1-11-9-14(18)5-8-16(11)24-10-17(21)20-12(2)13-3-6-15(7-4-13)25(19,22)23/h3-9,12H,10H2,1-2H3,(H,20,21)(H2,19,22,23). The third-order valence-electron chi connectivity index (χ3n) is 3.58. The molecule has 2 rings (SSSR count). The lowest BCUT2D eigenvalue weighted by Gasteiger charge is -2.15. The lowest BCUT2D eigenvalue weighted by molar-refractivity contribution is -0.119. The van der Waals surface area contributed by atoms with E-state index in [1.807, 2.05) is 32.0 Å². The van der Waals surface area contributed by atoms with Crippen molar-refractivity contribution in [1.82, 2.24) is 5.32 Å². The maximum atomic E-state index is 12.1. The maximum absolute atomic E-state index is 12.1. The average Bonchev–Trinajstić information content (AvgIpc) is 2.53. The first-order chi connectivity index (χ1) is 11.7. The molecule has 0 fully saturated rings. The Morgan fingerprint density at radius 1 is 1.24 bits per heavy atom. The fourth-order valence-electron chi connectivity index (χ4n) is 2.23. The van der Waals surface area contributed by atoms with Crippen LogP contribution in [0.25, 0.3) is 0 Å². The summed E-state index contributed by atoms with van der Waals surface area (Å²) in [4.78, 5) is 13.3. The summed E-state index contributed by atoms with van der Waals surface area (Å²) in [5, 5.41) is 7.98. The van der Waals surface area contributed by atoms with Gasteiger partial charge in [-0.1, -0.05) is 28.1 Å². The van der Waals surface area contributed by atoms with Crippen molar-refractivity contribution in [3.05, 3.63) is 58.1 Å². The zero-order valence-corrected chi connectivity index (χ0v) is 17.0. The minimum atomic E-state index is -3.71. The van der Waals surface area contributed by atoms with Crippen molar-refractivity contribution >= 4 is 43.6 Å². The Bertz CT molecular complexity index is 868. The molecule has 1 amide bonds. The Labute approximate surface area is 160 Å². The van der Waals surface area contributed by atoms with E-state index in [9.17, 15) is 13.2 Å². The van der Waals surface area contributed by atoms with E-state index in [-0.39, 0.29) is 16.8 Å². The van der Waals surface area contributed by atoms with Gasteiger partial charge in [0, 0.05) is 9.37 Å². The zero-order chi connectivity index (χ0) is 18.6. The molecule has 25 heavy (non-hydrogen) atoms. The number of nitrogens with two attached hydrogens (primary N) is 1. The highest BCUT2D eigenvalue weighted by Gasteiger charge is 2.13. The fourth-order valence-corrected chi connectivity index (χ4v) is 4.04. The zero-order valence-electron chi connectivity index (χ0n) is 13.8. The van der Waals surface area contributed by atoms with Crippen LogP contribution in [-0.2, 0) is 14.8 Å². The van der Waals surface area contributed by atoms with Crippen LogP contribution >= 0.6 is 27.7 Å². The summed E-state index contributed by atoms with van der Waals surface area (Å²) in [7, 11) is -3.71. The fraction of sp³-hybridized carbons (Fsp3) is 0.235. The third kappa shape index (κ3) is 5.85. The lowest BCUT2D eigenvalue weighted by atomic mass is 10.1. The second-order valence-corrected chi connectivity index (χ2v) is 9.10. The highest BCUT2D eigenvalue weighted by atomic mass is 79.9. The van der Waals surface area contributed by atoms with Gasteiger partial charge in [0.15, 0.2) is 0 Å². The molecule has 0 saturated carbocycles. The number of carbonyl (C=O) groups excluding carboxylic acids is 1. The van der Waals surface area contributed by atoms with Crippen LogP contribution in [0.1, 0.15) is 24.1 Å². The van der Waals surface area contributed by atoms with E-state index in [4.69, 9.17) is 5.14 Å². The minimum absolute atomic E-state index is 0.0519. The summed E-state index contributed by atoms with van der Waals surface area (Å²) in [6.07, 6.45) is 0. The number of hydrogen-bond acceptors (Lipinski definition) is 4. The molecule has 0 aliphatic carbocycles. The number of rotatable bonds is 6. The van der Waals surface area contributed by atoms with Crippen molar-refractivity contribution < 1.29 is 13.2 Å². The van der Waals surface area contributed by atoms with Gasteiger partial charge in [-0.25, -0.2) is 13.6 Å². The van der Waals surface area contributed by atoms with E-state index in [2.05, 4.69) is 21.2 Å². The minimum Gasteiger partial charge on any atom is -0.349 e. The van der Waals surface area contributed by atoms with Crippen LogP contribution in [0.15, 0.2) is 56.7 Å². The normalized spacial score (nSPS) is 12.6. The molecule has 0 aromatic heterocycles. The number of thioether (sulfide) groups is 1. The molecular weight excluding hydrogens is 424 g/mol. The SMILES string of the molecule is Cc1cc(Br)ccc1SCC(=O)NC(C)c1ccc(S(N)(=O)=O)cc1. The average molecular weight is 443 g/mol. The van der Waals surface area contributed by atoms with E-state index in [0.717, 1.165) is 20.5 Å². The second kappa shape index (κ2) is 8.35. The summed E-state index contributed by atoms with van der Waals surface area (Å²) in [5.74, 6) is 0.220. The highest BCUT2D eigenvalue weighted by Crippen LogP contribution is 2.25. The van der Waals surface area contributed by atoms with Gasteiger partial charge in [-0.2, -0.15) is 0 Å². The number of amides is 1. The third-order valence-corrected chi connectivity index (χ3v) is 6.18. The Hall–Kier alpha value is -1.35. The van der Waals surface area contributed by atoms with E-state index >= 15 is 0 Å². The number of carbonyl (C=O) groups is 1. The monoisotopic (exact) mass is 442 g/mol. The predicted molar refractivity (Wildman–Crippen MR) is 104 cm³/mol. The van der Waals surface area contributed by atoms with Crippen molar-refractivity contribution in [1.29, 1.82) is 0 Å². The molecule has 0 bridgehead atoms. The van der Waals surface area contributed by atoms with Gasteiger partial charge >= 0.3 is 0 Å². The predicted octanol–water partition coefficient (Wildman–Crippen LogP) is 3.37. The van der Waals surface area contributed by atoms with E-state index < -0.39 is 10.0 Å². The van der Waals surface area contributed by atoms with E-state index in [1.54, 1.807) is 12.1 Å². The molecule has 1 atom stereocenters. The summed E-state index contributed by atoms with van der Waals surface area (Å²) >= 11 is 4.90. The molecule has 0 radical (unpaired) electrons. The summed E-state index contributed by atoms with van der Waals surface area (Å²) in [5.41, 5.74) is 1.92. The van der Waals surface area contributed by atoms with Gasteiger partial charge in [-0.3, -0.25) is 4.79 Å². The molecule has 2 aromatic carbocycles. The van der Waals surface area contributed by atoms with Crippen LogP contribution in [-0.4, -0.2) is 20.1 Å². The molecule has 0 aliphatic heterocycles. The van der Waals surface area contributed by atoms with Crippen LogP contribution in [0.2, 0.25) is 0 Å². The van der Waals surface area contributed by atoms with Gasteiger partial charge in [0.1, 0.15) is 0 Å². The van der Waals surface area contributed by atoms with E-state index in [1.165, 1.54) is 23.9 Å². The van der Waals surface area contributed by atoms with Crippen molar-refractivity contribution in [2.75, 3.05) is 5.75 Å². The molecule has 5 nitrogen and oxygen atoms in total. The number of halogens is 1. The van der Waals surface area contributed by atoms with Gasteiger partial charge in [-0.05, 0) is 55.3 Å². The van der Waals surface area contributed by atoms with Crippen LogP contribution in [0.3, 0.4) is 0 Å². The van der Waals surface area contributed by atoms with Crippen molar-refractivity contribution in [2.45, 2.75) is 29.7 Å². The highest BCUT2D eigenvalue weighted by molar-refractivity contribution is 9.10. The largest absolute Gasteiger partial charge is 0.349 e. The van der Waals surface area contributed by atoms with Gasteiger partial charge < -0.3 is 5.32 Å². The summed E-state index contributed by atoms with van der Waals surface area (Å²) < 4.78 is 23.5. The summed E-state index contributed by atoms with van der Waals surface area (Å²) in [6, 6.07) is 11.9. The van der Waals surface area contributed by atoms with Crippen molar-refractivity contribution in [3.63, 3.8) is 0 Å². The first-order valence-corrected chi connectivity index (χ1v) is 10.8. The van der Waals surface area contributed by atoms with Crippen molar-refractivity contribution in [3.8, 4) is 0 Å². The van der Waals surface area contributed by atoms with Crippen LogP contribution in [0.4, 0.5) is 0 Å². The van der Waals surface area contributed by atoms with E-state index in [0.29, 0.717) is 5.75 Å². The Kier molecular flexibility index (Phi) is 6.67. The first-order valence-electron chi connectivity index (χ1n) is 7.48. The smallest absolute Gasteiger partial charge is 0.238 e. The van der Waals surface area contributed by atoms with Crippen LogP contribution in [0.5, 0.6) is 0 Å². The molecule has 0 heterocycles. The van der Waals surface area contributed by atoms with Crippen LogP contribution < -0.4 is 10.5 Å². The van der Waals surface area contributed by atoms with Gasteiger partial charge in [0.2, 0.25) is 15.9 Å². The molecule has 0 spiro atoms. The lowest BCUT2D eigenvalue weighted by Crippen LogP contribution is -2.28. The quantitative estimate of drug-likeness (QED) is 0.670. The van der Waals surface area contributed by atoms with Crippen molar-refractivity contribution in [2.24, 2.45) is 5.14 Å². The van der Waals surface area contributed by atoms with Gasteiger partial charge in [0.25, 0.3) is 0 Å². The molecular formula is C17H19BrN2O3S2. The molecule has 1 unspecified atom stereocenters. The molecule has 0 aliphatic rings. The first kappa shape index (κ1) is 20.0. The number of primary sulfonamides is 1. The van der Waals surface area contributed by atoms with Crippen LogP contribution in [0, 0.1) is 6.92 Å². The topological polar surface area (TPSA) is 89.3 Å². The Morgan fingerprint density at radius 2 is 1.88 bits per heavy atom. The summed E-state index contributed by atoms with van der Waals surface area (Å²) in [6.45, 7) is 3.85. The molecule has 8 heteroatoms. The number of hydrogen-bond donors (Lipinski definition) is 2. The Balaban J connectivity index is 1.93. The number of nitrogens with one attached hydrogen (secondary N) is 1.